The van der Waals surface area contributed by atoms with Crippen LogP contribution in [0.15, 0.2) is 36.4 Å². The first-order chi connectivity index (χ1) is 18.6. The Morgan fingerprint density at radius 3 is 0.905 bits per heavy atom. The SMILES string of the molecule is CC(C)(C)NCC(O)c1cc(O)cc(O)c1.CC(C)(C)NCC(O)c1cc(O)cc(O)c1.O=S(=O)(O)O.O=S(=O)(O)O. The Labute approximate surface area is 245 Å². The van der Waals surface area contributed by atoms with Crippen LogP contribution >= 0.6 is 0 Å². The first-order valence-corrected chi connectivity index (χ1v) is 14.7. The minimum atomic E-state index is -4.67. The Kier molecular flexibility index (Phi) is 17.1. The number of phenols is 4. The zero-order valence-electron chi connectivity index (χ0n) is 24.0. The maximum atomic E-state index is 9.85. The van der Waals surface area contributed by atoms with Gasteiger partial charge in [-0.1, -0.05) is 0 Å². The van der Waals surface area contributed by atoms with Crippen molar-refractivity contribution in [1.82, 2.24) is 10.6 Å². The molecule has 0 heterocycles. The second-order valence-electron chi connectivity index (χ2n) is 10.8. The van der Waals surface area contributed by atoms with E-state index in [1.54, 1.807) is 0 Å². The van der Waals surface area contributed by atoms with Gasteiger partial charge >= 0.3 is 20.8 Å². The van der Waals surface area contributed by atoms with Gasteiger partial charge in [-0.15, -0.1) is 0 Å². The van der Waals surface area contributed by atoms with Gasteiger partial charge in [-0.3, -0.25) is 18.2 Å². The molecular weight excluding hydrogens is 604 g/mol. The van der Waals surface area contributed by atoms with Crippen LogP contribution in [0.1, 0.15) is 64.9 Å². The molecule has 0 bridgehead atoms. The molecule has 2 aromatic carbocycles. The topological polar surface area (TPSA) is 295 Å². The van der Waals surface area contributed by atoms with Crippen molar-refractivity contribution in [2.45, 2.75) is 64.8 Å². The molecule has 0 spiro atoms. The molecule has 0 fully saturated rings. The largest absolute Gasteiger partial charge is 0.508 e. The Balaban J connectivity index is 0. The van der Waals surface area contributed by atoms with E-state index in [-0.39, 0.29) is 34.1 Å². The van der Waals surface area contributed by atoms with Gasteiger partial charge in [0.15, 0.2) is 0 Å². The molecule has 18 heteroatoms. The van der Waals surface area contributed by atoms with Crippen LogP contribution in [0.5, 0.6) is 23.0 Å². The summed E-state index contributed by atoms with van der Waals surface area (Å²) in [5, 5.41) is 63.1. The first kappa shape index (κ1) is 41.4. The van der Waals surface area contributed by atoms with Crippen LogP contribution in [-0.4, -0.2) is 89.9 Å². The lowest BCUT2D eigenvalue weighted by Crippen LogP contribution is -2.38. The lowest BCUT2D eigenvalue weighted by Gasteiger charge is -2.23. The maximum Gasteiger partial charge on any atom is 0.394 e. The lowest BCUT2D eigenvalue weighted by molar-refractivity contribution is 0.162. The number of hydrogen-bond donors (Lipinski definition) is 12. The summed E-state index contributed by atoms with van der Waals surface area (Å²) in [6, 6.07) is 8.22. The van der Waals surface area contributed by atoms with Crippen LogP contribution in [0.4, 0.5) is 0 Å². The third kappa shape index (κ3) is 28.7. The highest BCUT2D eigenvalue weighted by Crippen LogP contribution is 2.26. The molecule has 0 saturated heterocycles. The molecule has 0 saturated carbocycles. The number of β-amino-alcohol motifs (C(OH)–C–C–N with tert-alkyl or cyclic N) is 2. The summed E-state index contributed by atoms with van der Waals surface area (Å²) in [4.78, 5) is 0. The second-order valence-corrected chi connectivity index (χ2v) is 12.5. The number of aliphatic hydroxyl groups excluding tert-OH is 2. The van der Waals surface area contributed by atoms with Crippen LogP contribution in [0.2, 0.25) is 0 Å². The van der Waals surface area contributed by atoms with Crippen LogP contribution in [-0.2, 0) is 20.8 Å². The summed E-state index contributed by atoms with van der Waals surface area (Å²) in [6.07, 6.45) is -1.51. The Hall–Kier alpha value is -2.78. The molecule has 2 atom stereocenters. The van der Waals surface area contributed by atoms with Crippen molar-refractivity contribution in [2.75, 3.05) is 13.1 Å². The Morgan fingerprint density at radius 1 is 0.548 bits per heavy atom. The van der Waals surface area contributed by atoms with Crippen molar-refractivity contribution in [1.29, 1.82) is 0 Å². The van der Waals surface area contributed by atoms with Gasteiger partial charge in [0.05, 0.1) is 12.2 Å². The molecule has 42 heavy (non-hydrogen) atoms. The molecule has 0 aliphatic carbocycles. The van der Waals surface area contributed by atoms with Crippen LogP contribution < -0.4 is 10.6 Å². The monoisotopic (exact) mass is 646 g/mol. The van der Waals surface area contributed by atoms with Crippen molar-refractivity contribution in [3.63, 3.8) is 0 Å². The summed E-state index contributed by atoms with van der Waals surface area (Å²) in [5.41, 5.74) is 0.822. The number of nitrogens with one attached hydrogen (secondary N) is 2. The quantitative estimate of drug-likeness (QED) is 0.199. The number of phenolic OH excluding ortho intramolecular Hbond substituents is 4. The summed E-state index contributed by atoms with van der Waals surface area (Å²) in [6.45, 7) is 12.7. The van der Waals surface area contributed by atoms with Crippen molar-refractivity contribution in [3.8, 4) is 23.0 Å². The van der Waals surface area contributed by atoms with E-state index in [0.717, 1.165) is 0 Å². The van der Waals surface area contributed by atoms with E-state index in [2.05, 4.69) is 10.6 Å². The average molecular weight is 647 g/mol. The van der Waals surface area contributed by atoms with Gasteiger partial charge in [0.25, 0.3) is 0 Å². The first-order valence-electron chi connectivity index (χ1n) is 11.9. The van der Waals surface area contributed by atoms with Gasteiger partial charge in [0.1, 0.15) is 23.0 Å². The van der Waals surface area contributed by atoms with Gasteiger partial charge in [0.2, 0.25) is 0 Å². The lowest BCUT2D eigenvalue weighted by atomic mass is 10.1. The van der Waals surface area contributed by atoms with Crippen molar-refractivity contribution >= 4 is 20.8 Å². The molecular formula is C24H42N2O14S2. The maximum absolute atomic E-state index is 9.85. The standard InChI is InChI=1S/2C12H19NO3.2H2O4S/c2*1-12(2,3)13-7-11(16)8-4-9(14)6-10(15)5-8;2*1-5(2,3)4/h2*4-6,11,13-16H,7H2,1-3H3;2*(H2,1,2,3,4). The molecule has 2 aromatic rings. The highest BCUT2D eigenvalue weighted by Gasteiger charge is 2.15. The van der Waals surface area contributed by atoms with Gasteiger partial charge in [-0.25, -0.2) is 0 Å². The molecule has 2 rings (SSSR count). The number of benzene rings is 2. The average Bonchev–Trinajstić information content (AvgIpc) is 2.71. The minimum Gasteiger partial charge on any atom is -0.508 e. The summed E-state index contributed by atoms with van der Waals surface area (Å²) >= 11 is 0. The Bertz CT molecular complexity index is 1150. The zero-order chi connectivity index (χ0) is 33.7. The molecule has 16 nitrogen and oxygen atoms in total. The molecule has 0 radical (unpaired) electrons. The van der Waals surface area contributed by atoms with E-state index in [1.807, 2.05) is 41.5 Å². The number of aromatic hydroxyl groups is 4. The Morgan fingerprint density at radius 2 is 0.738 bits per heavy atom. The third-order valence-corrected chi connectivity index (χ3v) is 4.27. The molecule has 0 aromatic heterocycles. The smallest absolute Gasteiger partial charge is 0.394 e. The number of rotatable bonds is 6. The van der Waals surface area contributed by atoms with E-state index >= 15 is 0 Å². The number of aliphatic hydroxyl groups is 2. The summed E-state index contributed by atoms with van der Waals surface area (Å²) < 4.78 is 63.2. The zero-order valence-corrected chi connectivity index (χ0v) is 25.6. The predicted molar refractivity (Wildman–Crippen MR) is 153 cm³/mol. The van der Waals surface area contributed by atoms with Gasteiger partial charge < -0.3 is 41.3 Å². The number of hydrogen-bond acceptors (Lipinski definition) is 12. The predicted octanol–water partition coefficient (Wildman–Crippen LogP) is 1.73. The van der Waals surface area contributed by atoms with Gasteiger partial charge in [-0.05, 0) is 76.9 Å². The third-order valence-electron chi connectivity index (χ3n) is 4.27. The van der Waals surface area contributed by atoms with E-state index in [4.69, 9.17) is 35.0 Å². The molecule has 0 amide bonds. The van der Waals surface area contributed by atoms with Gasteiger partial charge in [0, 0.05) is 36.3 Å². The van der Waals surface area contributed by atoms with Crippen molar-refractivity contribution in [3.05, 3.63) is 47.5 Å². The molecule has 12 N–H and O–H groups in total. The van der Waals surface area contributed by atoms with E-state index in [9.17, 15) is 30.6 Å². The fraction of sp³-hybridized carbons (Fsp3) is 0.500. The van der Waals surface area contributed by atoms with Crippen molar-refractivity contribution < 1.29 is 65.7 Å². The minimum absolute atomic E-state index is 0.0511. The fourth-order valence-electron chi connectivity index (χ4n) is 2.66. The molecule has 2 unspecified atom stereocenters. The molecule has 244 valence electrons. The van der Waals surface area contributed by atoms with E-state index < -0.39 is 33.0 Å². The molecule has 0 aliphatic rings. The highest BCUT2D eigenvalue weighted by molar-refractivity contribution is 7.80. The van der Waals surface area contributed by atoms with Crippen LogP contribution in [0.25, 0.3) is 0 Å². The van der Waals surface area contributed by atoms with E-state index in [1.165, 1.54) is 36.4 Å². The van der Waals surface area contributed by atoms with Crippen molar-refractivity contribution in [2.24, 2.45) is 0 Å². The summed E-state index contributed by atoms with van der Waals surface area (Å²) in [7, 11) is -9.33. The molecule has 0 aliphatic heterocycles. The summed E-state index contributed by atoms with van der Waals surface area (Å²) in [5.74, 6) is -0.204. The highest BCUT2D eigenvalue weighted by atomic mass is 32.3. The second kappa shape index (κ2) is 17.4. The van der Waals surface area contributed by atoms with Crippen LogP contribution in [0, 0.1) is 0 Å². The van der Waals surface area contributed by atoms with Gasteiger partial charge in [-0.2, -0.15) is 16.8 Å². The van der Waals surface area contributed by atoms with E-state index in [0.29, 0.717) is 24.2 Å². The normalized spacial score (nSPS) is 13.2. The fourth-order valence-corrected chi connectivity index (χ4v) is 2.66. The van der Waals surface area contributed by atoms with Crippen LogP contribution in [0.3, 0.4) is 0 Å².